The monoisotopic (exact) mass is 563 g/mol. The van der Waals surface area contributed by atoms with Gasteiger partial charge in [-0.15, -0.1) is 0 Å². The van der Waals surface area contributed by atoms with Gasteiger partial charge in [-0.3, -0.25) is 0 Å². The van der Waals surface area contributed by atoms with Crippen molar-refractivity contribution < 1.29 is 14.6 Å². The van der Waals surface area contributed by atoms with Crippen LogP contribution in [-0.4, -0.2) is 30.1 Å². The number of anilines is 3. The zero-order valence-corrected chi connectivity index (χ0v) is 24.5. The van der Waals surface area contributed by atoms with E-state index in [1.165, 1.54) is 0 Å². The molecule has 0 saturated carbocycles. The van der Waals surface area contributed by atoms with Gasteiger partial charge in [0.1, 0.15) is 0 Å². The fourth-order valence-electron chi connectivity index (χ4n) is 5.00. The number of hydrogen-bond donors (Lipinski definition) is 4. The lowest BCUT2D eigenvalue weighted by atomic mass is 10.1. The third-order valence-electron chi connectivity index (χ3n) is 7.33. The van der Waals surface area contributed by atoms with Crippen molar-refractivity contribution in [2.24, 2.45) is 0 Å². The van der Waals surface area contributed by atoms with Gasteiger partial charge in [0, 0.05) is 17.1 Å². The Morgan fingerprint density at radius 2 is 0.952 bits per heavy atom. The molecule has 0 amide bonds. The van der Waals surface area contributed by atoms with E-state index in [-0.39, 0.29) is 0 Å². The van der Waals surface area contributed by atoms with Gasteiger partial charge in [-0.05, 0) is 70.8 Å². The molecule has 0 aliphatic carbocycles. The topological polar surface area (TPSA) is 74.8 Å². The van der Waals surface area contributed by atoms with Crippen LogP contribution < -0.4 is 16.0 Å². The zero-order valence-electron chi connectivity index (χ0n) is 24.5. The number of nitrogens with one attached hydrogen (secondary N) is 3. The van der Waals surface area contributed by atoms with E-state index in [4.69, 9.17) is 9.47 Å². The Labute approximate surface area is 248 Å². The summed E-state index contributed by atoms with van der Waals surface area (Å²) in [6, 6.07) is 38.5. The summed E-state index contributed by atoms with van der Waals surface area (Å²) in [4.78, 5) is 0. The second-order valence-electron chi connectivity index (χ2n) is 10.6. The average Bonchev–Trinajstić information content (AvgIpc) is 3.01. The van der Waals surface area contributed by atoms with E-state index in [0.29, 0.717) is 13.2 Å². The van der Waals surface area contributed by atoms with Crippen LogP contribution in [0, 0.1) is 0 Å². The average molecular weight is 564 g/mol. The van der Waals surface area contributed by atoms with Crippen LogP contribution in [0.2, 0.25) is 0 Å². The SMILES string of the molecule is CCCCOC(O)(OCCCC)C(Nc1ccccc1)(Nc1ccc2ccccc2c1)Nc1ccc2ccccc2c1. The van der Waals surface area contributed by atoms with Crippen LogP contribution in [0.5, 0.6) is 0 Å². The highest BCUT2D eigenvalue weighted by Gasteiger charge is 2.55. The molecule has 4 N–H and O–H groups in total. The van der Waals surface area contributed by atoms with E-state index in [1.54, 1.807) is 0 Å². The Morgan fingerprint density at radius 1 is 0.524 bits per heavy atom. The molecule has 0 spiro atoms. The summed E-state index contributed by atoms with van der Waals surface area (Å²) in [7, 11) is 0. The van der Waals surface area contributed by atoms with Gasteiger partial charge in [-0.2, -0.15) is 0 Å². The smallest absolute Gasteiger partial charge is 0.339 e. The van der Waals surface area contributed by atoms with Crippen molar-refractivity contribution in [1.29, 1.82) is 0 Å². The van der Waals surface area contributed by atoms with E-state index in [1.807, 2.05) is 66.7 Å². The first-order valence-electron chi connectivity index (χ1n) is 14.9. The second kappa shape index (κ2) is 13.7. The summed E-state index contributed by atoms with van der Waals surface area (Å²) in [6.07, 6.45) is 3.38. The normalized spacial score (nSPS) is 12.0. The van der Waals surface area contributed by atoms with Gasteiger partial charge >= 0.3 is 5.97 Å². The third-order valence-corrected chi connectivity index (χ3v) is 7.33. The van der Waals surface area contributed by atoms with Crippen LogP contribution in [0.4, 0.5) is 17.1 Å². The van der Waals surface area contributed by atoms with E-state index >= 15 is 0 Å². The standard InChI is InChI=1S/C36H41N3O3/c1-3-5-24-41-36(40,42-25-6-4-2)35(37-32-18-8-7-9-19-32,38-33-22-20-28-14-10-12-16-30(28)26-33)39-34-23-21-29-15-11-13-17-31(29)27-34/h7-23,26-27,37-40H,3-6,24-25H2,1-2H3. The molecule has 5 aromatic carbocycles. The van der Waals surface area contributed by atoms with Crippen molar-refractivity contribution in [2.45, 2.75) is 51.3 Å². The Balaban J connectivity index is 1.67. The fourth-order valence-corrected chi connectivity index (χ4v) is 5.00. The molecular formula is C36H41N3O3. The van der Waals surface area contributed by atoms with Gasteiger partial charge in [-0.1, -0.05) is 106 Å². The van der Waals surface area contributed by atoms with Crippen molar-refractivity contribution in [1.82, 2.24) is 0 Å². The van der Waals surface area contributed by atoms with Gasteiger partial charge in [0.05, 0.1) is 13.2 Å². The van der Waals surface area contributed by atoms with Gasteiger partial charge in [-0.25, -0.2) is 0 Å². The number of rotatable bonds is 15. The molecule has 0 bridgehead atoms. The summed E-state index contributed by atoms with van der Waals surface area (Å²) in [6.45, 7) is 4.82. The molecular weight excluding hydrogens is 522 g/mol. The molecule has 0 atom stereocenters. The maximum atomic E-state index is 12.6. The molecule has 0 fully saturated rings. The van der Waals surface area contributed by atoms with Crippen molar-refractivity contribution in [2.75, 3.05) is 29.2 Å². The van der Waals surface area contributed by atoms with Crippen LogP contribution in [0.25, 0.3) is 21.5 Å². The molecule has 0 heterocycles. The lowest BCUT2D eigenvalue weighted by Gasteiger charge is -2.47. The predicted octanol–water partition coefficient (Wildman–Crippen LogP) is 8.56. The second-order valence-corrected chi connectivity index (χ2v) is 10.6. The van der Waals surface area contributed by atoms with Gasteiger partial charge in [0.15, 0.2) is 0 Å². The van der Waals surface area contributed by atoms with E-state index in [9.17, 15) is 5.11 Å². The van der Waals surface area contributed by atoms with Gasteiger partial charge < -0.3 is 30.5 Å². The molecule has 6 heteroatoms. The minimum atomic E-state index is -2.12. The summed E-state index contributed by atoms with van der Waals surface area (Å²) in [5, 5.41) is 27.7. The lowest BCUT2D eigenvalue weighted by Crippen LogP contribution is -2.71. The maximum Gasteiger partial charge on any atom is 0.346 e. The Kier molecular flexibility index (Phi) is 9.59. The highest BCUT2D eigenvalue weighted by Crippen LogP contribution is 2.35. The van der Waals surface area contributed by atoms with Crippen LogP contribution in [-0.2, 0) is 9.47 Å². The van der Waals surface area contributed by atoms with Gasteiger partial charge in [0.25, 0.3) is 5.79 Å². The number of para-hydroxylation sites is 1. The summed E-state index contributed by atoms with van der Waals surface area (Å²) >= 11 is 0. The number of aliphatic hydroxyl groups is 1. The van der Waals surface area contributed by atoms with Gasteiger partial charge in [0.2, 0.25) is 0 Å². The maximum absolute atomic E-state index is 12.6. The molecule has 42 heavy (non-hydrogen) atoms. The number of benzene rings is 5. The van der Waals surface area contributed by atoms with Crippen LogP contribution in [0.15, 0.2) is 115 Å². The molecule has 5 rings (SSSR count). The molecule has 218 valence electrons. The molecule has 5 aromatic rings. The molecule has 6 nitrogen and oxygen atoms in total. The van der Waals surface area contributed by atoms with E-state index < -0.39 is 11.8 Å². The minimum Gasteiger partial charge on any atom is -0.339 e. The number of ether oxygens (including phenoxy) is 2. The third kappa shape index (κ3) is 6.85. The first kappa shape index (κ1) is 29.4. The van der Waals surface area contributed by atoms with E-state index in [2.05, 4.69) is 78.3 Å². The highest BCUT2D eigenvalue weighted by molar-refractivity contribution is 5.87. The number of unbranched alkanes of at least 4 members (excludes halogenated alkanes) is 2. The van der Waals surface area contributed by atoms with Crippen molar-refractivity contribution >= 4 is 38.6 Å². The Hall–Kier alpha value is -4.10. The first-order valence-corrected chi connectivity index (χ1v) is 14.9. The Morgan fingerprint density at radius 3 is 1.43 bits per heavy atom. The first-order chi connectivity index (χ1) is 20.5. The molecule has 0 unspecified atom stereocenters. The molecule has 0 aliphatic rings. The largest absolute Gasteiger partial charge is 0.346 e. The number of fused-ring (bicyclic) bond motifs is 2. The van der Waals surface area contributed by atoms with Crippen molar-refractivity contribution in [3.8, 4) is 0 Å². The van der Waals surface area contributed by atoms with Crippen LogP contribution in [0.1, 0.15) is 39.5 Å². The summed E-state index contributed by atoms with van der Waals surface area (Å²) in [5.41, 5.74) is 2.33. The molecule has 0 aliphatic heterocycles. The molecule has 0 aromatic heterocycles. The highest BCUT2D eigenvalue weighted by atomic mass is 16.8. The zero-order chi connectivity index (χ0) is 29.3. The molecule has 0 radical (unpaired) electrons. The lowest BCUT2D eigenvalue weighted by molar-refractivity contribution is -0.380. The Bertz CT molecular complexity index is 1480. The summed E-state index contributed by atoms with van der Waals surface area (Å²) in [5.74, 6) is -3.68. The summed E-state index contributed by atoms with van der Waals surface area (Å²) < 4.78 is 12.6. The predicted molar refractivity (Wildman–Crippen MR) is 175 cm³/mol. The van der Waals surface area contributed by atoms with Crippen LogP contribution >= 0.6 is 0 Å². The molecule has 0 saturated heterocycles. The quantitative estimate of drug-likeness (QED) is 0.0755. The minimum absolute atomic E-state index is 0.316. The van der Waals surface area contributed by atoms with Crippen molar-refractivity contribution in [3.63, 3.8) is 0 Å². The fraction of sp³-hybridized carbons (Fsp3) is 0.278. The van der Waals surface area contributed by atoms with Crippen molar-refractivity contribution in [3.05, 3.63) is 115 Å². The number of hydrogen-bond acceptors (Lipinski definition) is 6. The van der Waals surface area contributed by atoms with Crippen LogP contribution in [0.3, 0.4) is 0 Å². The van der Waals surface area contributed by atoms with E-state index in [0.717, 1.165) is 64.3 Å².